The molecule has 8 heteroatoms. The first-order valence-corrected chi connectivity index (χ1v) is 10.00. The van der Waals surface area contributed by atoms with Crippen LogP contribution in [0.4, 0.5) is 10.2 Å². The predicted octanol–water partition coefficient (Wildman–Crippen LogP) is 4.60. The fraction of sp³-hybridized carbons (Fsp3) is 0.211. The van der Waals surface area contributed by atoms with Crippen molar-refractivity contribution in [1.82, 2.24) is 9.55 Å². The summed E-state index contributed by atoms with van der Waals surface area (Å²) in [6.45, 7) is 5.60. The fourth-order valence-electron chi connectivity index (χ4n) is 2.67. The Hall–Kier alpha value is -2.63. The normalized spacial score (nSPS) is 10.6. The molecule has 0 saturated heterocycles. The summed E-state index contributed by atoms with van der Waals surface area (Å²) < 4.78 is 15.9. The van der Waals surface area contributed by atoms with E-state index < -0.39 is 0 Å². The summed E-state index contributed by atoms with van der Waals surface area (Å²) in [7, 11) is 0. The number of carbonyl (C=O) groups excluding carboxylic acids is 1. The maximum Gasteiger partial charge on any atom is 0.235 e. The molecule has 0 unspecified atom stereocenters. The molecule has 0 aliphatic rings. The van der Waals surface area contributed by atoms with Crippen molar-refractivity contribution < 1.29 is 9.18 Å². The second-order valence-electron chi connectivity index (χ2n) is 5.95. The van der Waals surface area contributed by atoms with Crippen molar-refractivity contribution in [3.05, 3.63) is 58.0 Å². The molecule has 27 heavy (non-hydrogen) atoms. The van der Waals surface area contributed by atoms with Gasteiger partial charge < -0.3 is 5.32 Å². The van der Waals surface area contributed by atoms with Crippen LogP contribution in [0.1, 0.15) is 22.5 Å². The molecule has 3 rings (SSSR count). The number of nitrogens with one attached hydrogen (secondary N) is 1. The molecular weight excluding hydrogens is 383 g/mol. The zero-order chi connectivity index (χ0) is 19.6. The van der Waals surface area contributed by atoms with E-state index in [2.05, 4.69) is 16.4 Å². The van der Waals surface area contributed by atoms with Crippen LogP contribution in [0, 0.1) is 37.9 Å². The van der Waals surface area contributed by atoms with Crippen LogP contribution >= 0.6 is 23.1 Å². The second kappa shape index (κ2) is 7.94. The number of hydrogen-bond acceptors (Lipinski definition) is 5. The minimum absolute atomic E-state index is 0.185. The topological polar surface area (TPSA) is 70.7 Å². The Bertz CT molecular complexity index is 1030. The number of anilines is 1. The third-order valence-electron chi connectivity index (χ3n) is 4.09. The standard InChI is InChI=1S/C19H17FN4OS2/c1-11-9-26-19(22-11)27-10-17(25)23-18-16(8-21)12(2)13(3)24(18)15-6-4-14(20)5-7-15/h4-7,9H,10H2,1-3H3,(H,23,25). The summed E-state index contributed by atoms with van der Waals surface area (Å²) in [5.74, 6) is 0.0107. The number of aryl methyl sites for hydroxylation is 1. The Morgan fingerprint density at radius 1 is 1.33 bits per heavy atom. The largest absolute Gasteiger partial charge is 0.310 e. The van der Waals surface area contributed by atoms with E-state index in [1.54, 1.807) is 16.7 Å². The van der Waals surface area contributed by atoms with E-state index in [-0.39, 0.29) is 17.5 Å². The van der Waals surface area contributed by atoms with Crippen molar-refractivity contribution in [2.45, 2.75) is 25.1 Å². The first kappa shape index (κ1) is 19.1. The number of carbonyl (C=O) groups is 1. The molecule has 0 radical (unpaired) electrons. The lowest BCUT2D eigenvalue weighted by Gasteiger charge is -2.13. The van der Waals surface area contributed by atoms with Gasteiger partial charge in [-0.1, -0.05) is 11.8 Å². The Labute approximate surface area is 164 Å². The van der Waals surface area contributed by atoms with Crippen molar-refractivity contribution in [2.24, 2.45) is 0 Å². The van der Waals surface area contributed by atoms with E-state index in [1.165, 1.54) is 35.2 Å². The molecule has 2 heterocycles. The van der Waals surface area contributed by atoms with Crippen LogP contribution in [0.15, 0.2) is 34.0 Å². The molecule has 0 spiro atoms. The molecule has 138 valence electrons. The van der Waals surface area contributed by atoms with Crippen molar-refractivity contribution in [3.63, 3.8) is 0 Å². The molecule has 5 nitrogen and oxygen atoms in total. The fourth-order valence-corrected chi connectivity index (χ4v) is 4.32. The quantitative estimate of drug-likeness (QED) is 0.636. The highest BCUT2D eigenvalue weighted by molar-refractivity contribution is 8.01. The van der Waals surface area contributed by atoms with Gasteiger partial charge in [0, 0.05) is 22.5 Å². The van der Waals surface area contributed by atoms with Gasteiger partial charge in [-0.3, -0.25) is 9.36 Å². The first-order valence-electron chi connectivity index (χ1n) is 8.13. The number of nitrogens with zero attached hydrogens (tertiary/aromatic N) is 3. The van der Waals surface area contributed by atoms with Crippen molar-refractivity contribution in [1.29, 1.82) is 5.26 Å². The minimum Gasteiger partial charge on any atom is -0.310 e. The van der Waals surface area contributed by atoms with Gasteiger partial charge >= 0.3 is 0 Å². The number of nitriles is 1. The maximum atomic E-state index is 13.3. The number of halogens is 1. The Morgan fingerprint density at radius 2 is 2.04 bits per heavy atom. The average Bonchev–Trinajstić information content (AvgIpc) is 3.16. The van der Waals surface area contributed by atoms with Gasteiger partial charge in [0.25, 0.3) is 0 Å². The summed E-state index contributed by atoms with van der Waals surface area (Å²) in [6.07, 6.45) is 0. The highest BCUT2D eigenvalue weighted by Crippen LogP contribution is 2.30. The Balaban J connectivity index is 1.89. The predicted molar refractivity (Wildman–Crippen MR) is 106 cm³/mol. The van der Waals surface area contributed by atoms with E-state index in [1.807, 2.05) is 26.2 Å². The molecule has 0 atom stereocenters. The van der Waals surface area contributed by atoms with Gasteiger partial charge in [0.15, 0.2) is 4.34 Å². The first-order chi connectivity index (χ1) is 12.9. The van der Waals surface area contributed by atoms with Gasteiger partial charge in [0.05, 0.1) is 11.3 Å². The molecule has 0 aliphatic carbocycles. The van der Waals surface area contributed by atoms with Gasteiger partial charge in [-0.05, 0) is 50.6 Å². The summed E-state index contributed by atoms with van der Waals surface area (Å²) in [4.78, 5) is 16.8. The lowest BCUT2D eigenvalue weighted by atomic mass is 10.2. The molecule has 0 bridgehead atoms. The number of hydrogen-bond donors (Lipinski definition) is 1. The number of rotatable bonds is 5. The smallest absolute Gasteiger partial charge is 0.235 e. The van der Waals surface area contributed by atoms with Crippen LogP contribution in [-0.2, 0) is 4.79 Å². The lowest BCUT2D eigenvalue weighted by molar-refractivity contribution is -0.113. The minimum atomic E-state index is -0.346. The van der Waals surface area contributed by atoms with E-state index in [0.29, 0.717) is 17.1 Å². The van der Waals surface area contributed by atoms with Crippen molar-refractivity contribution in [3.8, 4) is 11.8 Å². The molecule has 3 aromatic rings. The highest BCUT2D eigenvalue weighted by atomic mass is 32.2. The van der Waals surface area contributed by atoms with Crippen LogP contribution in [-0.4, -0.2) is 21.2 Å². The molecule has 1 N–H and O–H groups in total. The molecule has 0 fully saturated rings. The highest BCUT2D eigenvalue weighted by Gasteiger charge is 2.21. The Morgan fingerprint density at radius 3 is 2.63 bits per heavy atom. The monoisotopic (exact) mass is 400 g/mol. The Kier molecular flexibility index (Phi) is 5.63. The van der Waals surface area contributed by atoms with E-state index in [0.717, 1.165) is 21.3 Å². The van der Waals surface area contributed by atoms with Crippen LogP contribution < -0.4 is 5.32 Å². The number of benzene rings is 1. The number of thioether (sulfide) groups is 1. The summed E-state index contributed by atoms with van der Waals surface area (Å²) in [5.41, 5.74) is 3.60. The van der Waals surface area contributed by atoms with Gasteiger partial charge in [0.1, 0.15) is 17.7 Å². The van der Waals surface area contributed by atoms with E-state index in [9.17, 15) is 14.4 Å². The summed E-state index contributed by atoms with van der Waals surface area (Å²) >= 11 is 2.84. The molecule has 0 saturated carbocycles. The average molecular weight is 401 g/mol. The third-order valence-corrected chi connectivity index (χ3v) is 6.23. The third kappa shape index (κ3) is 4.04. The van der Waals surface area contributed by atoms with E-state index >= 15 is 0 Å². The van der Waals surface area contributed by atoms with E-state index in [4.69, 9.17) is 0 Å². The number of amides is 1. The number of aromatic nitrogens is 2. The zero-order valence-electron chi connectivity index (χ0n) is 15.0. The molecule has 1 amide bonds. The van der Waals surface area contributed by atoms with Gasteiger partial charge in [-0.25, -0.2) is 9.37 Å². The van der Waals surface area contributed by atoms with Crippen LogP contribution in [0.25, 0.3) is 5.69 Å². The molecule has 1 aromatic carbocycles. The van der Waals surface area contributed by atoms with Crippen LogP contribution in [0.2, 0.25) is 0 Å². The molecular formula is C19H17FN4OS2. The van der Waals surface area contributed by atoms with Gasteiger partial charge in [0.2, 0.25) is 5.91 Å². The molecule has 2 aromatic heterocycles. The number of thiazole rings is 1. The van der Waals surface area contributed by atoms with Crippen LogP contribution in [0.3, 0.4) is 0 Å². The second-order valence-corrected chi connectivity index (χ2v) is 8.03. The maximum absolute atomic E-state index is 13.3. The molecule has 0 aliphatic heterocycles. The van der Waals surface area contributed by atoms with Crippen LogP contribution in [0.5, 0.6) is 0 Å². The van der Waals surface area contributed by atoms with Crippen molar-refractivity contribution >= 4 is 34.8 Å². The summed E-state index contributed by atoms with van der Waals surface area (Å²) in [5, 5.41) is 14.3. The van der Waals surface area contributed by atoms with Gasteiger partial charge in [-0.15, -0.1) is 11.3 Å². The summed E-state index contributed by atoms with van der Waals surface area (Å²) in [6, 6.07) is 8.09. The SMILES string of the molecule is Cc1csc(SCC(=O)Nc2c(C#N)c(C)c(C)n2-c2ccc(F)cc2)n1. The zero-order valence-corrected chi connectivity index (χ0v) is 16.7. The van der Waals surface area contributed by atoms with Crippen molar-refractivity contribution in [2.75, 3.05) is 11.1 Å². The van der Waals surface area contributed by atoms with Gasteiger partial charge in [-0.2, -0.15) is 5.26 Å². The lowest BCUT2D eigenvalue weighted by Crippen LogP contribution is -2.17.